The van der Waals surface area contributed by atoms with Crippen LogP contribution in [-0.2, 0) is 9.84 Å². The zero-order valence-corrected chi connectivity index (χ0v) is 13.1. The Balaban J connectivity index is 2.33. The maximum atomic E-state index is 12.0. The molecule has 1 amide bonds. The van der Waals surface area contributed by atoms with Crippen LogP contribution in [0.4, 0.5) is 5.69 Å². The van der Waals surface area contributed by atoms with Crippen molar-refractivity contribution in [3.8, 4) is 0 Å². The van der Waals surface area contributed by atoms with Crippen molar-refractivity contribution >= 4 is 37.4 Å². The largest absolute Gasteiger partial charge is 0.356 e. The van der Waals surface area contributed by atoms with Crippen LogP contribution in [0.2, 0.25) is 0 Å². The van der Waals surface area contributed by atoms with Crippen molar-refractivity contribution in [3.05, 3.63) is 46.7 Å². The number of carbonyl (C=O) groups is 1. The van der Waals surface area contributed by atoms with Gasteiger partial charge >= 0.3 is 0 Å². The topological polar surface area (TPSA) is 79.0 Å². The lowest BCUT2D eigenvalue weighted by molar-refractivity contribution is 0.102. The summed E-state index contributed by atoms with van der Waals surface area (Å²) in [6.45, 7) is 1.57. The molecule has 0 saturated carbocycles. The second kappa shape index (κ2) is 5.80. The molecule has 0 radical (unpaired) electrons. The number of carbonyl (C=O) groups excluding carboxylic acids is 1. The summed E-state index contributed by atoms with van der Waals surface area (Å²) in [5.41, 5.74) is 0.630. The predicted molar refractivity (Wildman–Crippen MR) is 80.6 cm³/mol. The number of amides is 1. The van der Waals surface area contributed by atoms with Crippen molar-refractivity contribution in [1.29, 1.82) is 0 Å². The fourth-order valence-electron chi connectivity index (χ4n) is 1.69. The average Bonchev–Trinajstić information content (AvgIpc) is 2.86. The maximum Gasteiger partial charge on any atom is 0.272 e. The van der Waals surface area contributed by atoms with E-state index in [1.807, 2.05) is 0 Å². The van der Waals surface area contributed by atoms with E-state index in [4.69, 9.17) is 0 Å². The first-order valence-corrected chi connectivity index (χ1v) is 8.35. The maximum absolute atomic E-state index is 12.0. The molecule has 0 bridgehead atoms. The van der Waals surface area contributed by atoms with E-state index >= 15 is 0 Å². The summed E-state index contributed by atoms with van der Waals surface area (Å²) in [6, 6.07) is 7.97. The highest BCUT2D eigenvalue weighted by Crippen LogP contribution is 2.22. The van der Waals surface area contributed by atoms with E-state index in [0.717, 1.165) is 4.47 Å². The number of hydrogen-bond donors (Lipinski definition) is 2. The van der Waals surface area contributed by atoms with Crippen LogP contribution in [0.25, 0.3) is 0 Å². The molecule has 20 heavy (non-hydrogen) atoms. The fraction of sp³-hybridized carbons (Fsp3) is 0.154. The third-order valence-corrected chi connectivity index (χ3v) is 4.99. The van der Waals surface area contributed by atoms with Crippen LogP contribution >= 0.6 is 15.9 Å². The van der Waals surface area contributed by atoms with Gasteiger partial charge in [0.15, 0.2) is 9.84 Å². The highest BCUT2D eigenvalue weighted by atomic mass is 79.9. The minimum absolute atomic E-state index is 0.0199. The molecule has 2 aromatic rings. The van der Waals surface area contributed by atoms with Crippen molar-refractivity contribution in [2.24, 2.45) is 0 Å². The molecule has 1 heterocycles. The minimum Gasteiger partial charge on any atom is -0.356 e. The van der Waals surface area contributed by atoms with Gasteiger partial charge in [0.2, 0.25) is 0 Å². The first-order chi connectivity index (χ1) is 9.44. The molecule has 1 aromatic carbocycles. The lowest BCUT2D eigenvalue weighted by atomic mass is 10.3. The second-order valence-electron chi connectivity index (χ2n) is 4.09. The third-order valence-electron chi connectivity index (χ3n) is 2.74. The quantitative estimate of drug-likeness (QED) is 0.883. The van der Waals surface area contributed by atoms with Gasteiger partial charge < -0.3 is 10.3 Å². The molecular formula is C13H13BrN2O3S. The van der Waals surface area contributed by atoms with E-state index in [0.29, 0.717) is 5.69 Å². The van der Waals surface area contributed by atoms with Crippen LogP contribution in [0.5, 0.6) is 0 Å². The van der Waals surface area contributed by atoms with Gasteiger partial charge in [0.25, 0.3) is 5.91 Å². The summed E-state index contributed by atoms with van der Waals surface area (Å²) < 4.78 is 24.7. The van der Waals surface area contributed by atoms with Crippen molar-refractivity contribution in [1.82, 2.24) is 4.98 Å². The van der Waals surface area contributed by atoms with Gasteiger partial charge in [-0.1, -0.05) is 19.1 Å². The molecule has 2 N–H and O–H groups in total. The van der Waals surface area contributed by atoms with Gasteiger partial charge in [0, 0.05) is 10.7 Å². The number of H-pyrrole nitrogens is 1. The summed E-state index contributed by atoms with van der Waals surface area (Å²) >= 11 is 3.24. The Labute approximate surface area is 125 Å². The number of aromatic nitrogens is 1. The van der Waals surface area contributed by atoms with Crippen molar-refractivity contribution in [2.45, 2.75) is 11.8 Å². The number of para-hydroxylation sites is 1. The van der Waals surface area contributed by atoms with E-state index < -0.39 is 15.7 Å². The second-order valence-corrected chi connectivity index (χ2v) is 7.25. The molecule has 2 rings (SSSR count). The summed E-state index contributed by atoms with van der Waals surface area (Å²) in [5, 5.41) is 2.61. The predicted octanol–water partition coefficient (Wildman–Crippen LogP) is 2.82. The number of rotatable bonds is 4. The van der Waals surface area contributed by atoms with Gasteiger partial charge in [-0.2, -0.15) is 0 Å². The number of hydrogen-bond acceptors (Lipinski definition) is 3. The van der Waals surface area contributed by atoms with Crippen molar-refractivity contribution in [3.63, 3.8) is 0 Å². The number of anilines is 1. The lowest BCUT2D eigenvalue weighted by Gasteiger charge is -2.10. The molecule has 0 saturated heterocycles. The Morgan fingerprint density at radius 3 is 2.65 bits per heavy atom. The Morgan fingerprint density at radius 2 is 2.05 bits per heavy atom. The zero-order chi connectivity index (χ0) is 14.8. The minimum atomic E-state index is -3.39. The molecule has 0 fully saturated rings. The smallest absolute Gasteiger partial charge is 0.272 e. The van der Waals surface area contributed by atoms with Gasteiger partial charge in [-0.15, -0.1) is 0 Å². The first-order valence-electron chi connectivity index (χ1n) is 5.91. The molecule has 0 spiro atoms. The Morgan fingerprint density at radius 1 is 1.35 bits per heavy atom. The number of benzene rings is 1. The molecule has 7 heteroatoms. The van der Waals surface area contributed by atoms with Crippen molar-refractivity contribution in [2.75, 3.05) is 11.1 Å². The number of aromatic amines is 1. The highest BCUT2D eigenvalue weighted by molar-refractivity contribution is 9.10. The third kappa shape index (κ3) is 3.10. The molecule has 106 valence electrons. The summed E-state index contributed by atoms with van der Waals surface area (Å²) in [7, 11) is -3.39. The van der Waals surface area contributed by atoms with Gasteiger partial charge in [0.1, 0.15) is 5.69 Å². The molecule has 0 atom stereocenters. The monoisotopic (exact) mass is 356 g/mol. The molecule has 5 nitrogen and oxygen atoms in total. The molecule has 0 aliphatic carbocycles. The zero-order valence-electron chi connectivity index (χ0n) is 10.7. The molecule has 0 unspecified atom stereocenters. The summed E-state index contributed by atoms with van der Waals surface area (Å²) in [6.07, 6.45) is 1.63. The van der Waals surface area contributed by atoms with Crippen LogP contribution < -0.4 is 5.32 Å². The van der Waals surface area contributed by atoms with Gasteiger partial charge in [-0.3, -0.25) is 4.79 Å². The van der Waals surface area contributed by atoms with E-state index in [1.54, 1.807) is 37.4 Å². The van der Waals surface area contributed by atoms with Crippen LogP contribution in [-0.4, -0.2) is 25.1 Å². The van der Waals surface area contributed by atoms with Crippen molar-refractivity contribution < 1.29 is 13.2 Å². The number of nitrogens with one attached hydrogen (secondary N) is 2. The van der Waals surface area contributed by atoms with E-state index in [1.165, 1.54) is 6.07 Å². The van der Waals surface area contributed by atoms with E-state index in [-0.39, 0.29) is 16.3 Å². The molecular weight excluding hydrogens is 344 g/mol. The molecule has 1 aromatic heterocycles. The normalized spacial score (nSPS) is 11.3. The summed E-state index contributed by atoms with van der Waals surface area (Å²) in [4.78, 5) is 15.0. The van der Waals surface area contributed by atoms with Gasteiger partial charge in [-0.25, -0.2) is 8.42 Å². The number of sulfone groups is 1. The SMILES string of the molecule is CCS(=O)(=O)c1ccccc1NC(=O)c1cc(Br)c[nH]1. The Bertz CT molecular complexity index is 738. The lowest BCUT2D eigenvalue weighted by Crippen LogP contribution is -2.15. The summed E-state index contributed by atoms with van der Waals surface area (Å²) in [5.74, 6) is -0.414. The van der Waals surface area contributed by atoms with Crippen LogP contribution in [0.1, 0.15) is 17.4 Å². The van der Waals surface area contributed by atoms with Crippen LogP contribution in [0.15, 0.2) is 45.9 Å². The highest BCUT2D eigenvalue weighted by Gasteiger charge is 2.18. The van der Waals surface area contributed by atoms with Gasteiger partial charge in [0.05, 0.1) is 16.3 Å². The fourth-order valence-corrected chi connectivity index (χ4v) is 3.08. The first kappa shape index (κ1) is 14.8. The molecule has 0 aliphatic rings. The van der Waals surface area contributed by atoms with Crippen LogP contribution in [0.3, 0.4) is 0 Å². The van der Waals surface area contributed by atoms with E-state index in [9.17, 15) is 13.2 Å². The van der Waals surface area contributed by atoms with Gasteiger partial charge in [-0.05, 0) is 34.1 Å². The van der Waals surface area contributed by atoms with E-state index in [2.05, 4.69) is 26.2 Å². The standard InChI is InChI=1S/C13H13BrN2O3S/c1-2-20(18,19)12-6-4-3-5-10(12)16-13(17)11-7-9(14)8-15-11/h3-8,15H,2H2,1H3,(H,16,17). The Hall–Kier alpha value is -1.60. The average molecular weight is 357 g/mol. The number of halogens is 1. The molecule has 0 aliphatic heterocycles. The van der Waals surface area contributed by atoms with Crippen LogP contribution in [0, 0.1) is 0 Å². The Kier molecular flexibility index (Phi) is 4.29.